The fourth-order valence-corrected chi connectivity index (χ4v) is 4.83. The molecule has 0 aliphatic carbocycles. The molecular formula is C27H29N3O4S. The molecule has 0 saturated heterocycles. The number of ether oxygens (including phenoxy) is 2. The highest BCUT2D eigenvalue weighted by Crippen LogP contribution is 2.27. The number of carbonyl (C=O) groups excluding carboxylic acids is 2. The molecule has 0 bridgehead atoms. The standard InChI is InChI=1S/C27H29N3O4S/c1-18-22(15-29-27(32)21-8-4-7-11-25(21)35-3)20-12-13-30(16-19(20)14-28-18)26(31)17-34-24-10-6-5-9-23(24)33-2/h4-11,14H,12-13,15-17H2,1-3H3,(H,29,32). The van der Waals surface area contributed by atoms with Crippen molar-refractivity contribution in [2.75, 3.05) is 26.5 Å². The molecule has 4 rings (SSSR count). The highest BCUT2D eigenvalue weighted by atomic mass is 32.2. The first-order valence-electron chi connectivity index (χ1n) is 11.4. The van der Waals surface area contributed by atoms with Crippen molar-refractivity contribution in [1.29, 1.82) is 0 Å². The van der Waals surface area contributed by atoms with Gasteiger partial charge in [-0.15, -0.1) is 11.8 Å². The summed E-state index contributed by atoms with van der Waals surface area (Å²) in [5, 5.41) is 3.06. The van der Waals surface area contributed by atoms with Crippen LogP contribution in [-0.4, -0.2) is 48.2 Å². The zero-order chi connectivity index (χ0) is 24.8. The van der Waals surface area contributed by atoms with E-state index in [2.05, 4.69) is 10.3 Å². The van der Waals surface area contributed by atoms with Crippen molar-refractivity contribution in [3.8, 4) is 11.5 Å². The molecule has 0 fully saturated rings. The molecule has 8 heteroatoms. The highest BCUT2D eigenvalue weighted by molar-refractivity contribution is 7.98. The second-order valence-corrected chi connectivity index (χ2v) is 9.06. The van der Waals surface area contributed by atoms with Crippen LogP contribution in [0.25, 0.3) is 0 Å². The minimum Gasteiger partial charge on any atom is -0.493 e. The highest BCUT2D eigenvalue weighted by Gasteiger charge is 2.25. The van der Waals surface area contributed by atoms with Crippen molar-refractivity contribution in [3.63, 3.8) is 0 Å². The van der Waals surface area contributed by atoms with Gasteiger partial charge in [0.1, 0.15) is 0 Å². The summed E-state index contributed by atoms with van der Waals surface area (Å²) in [5.41, 5.74) is 4.74. The Labute approximate surface area is 209 Å². The molecule has 3 aromatic rings. The van der Waals surface area contributed by atoms with Crippen molar-refractivity contribution in [3.05, 3.63) is 82.7 Å². The summed E-state index contributed by atoms with van der Waals surface area (Å²) < 4.78 is 11.0. The Hall–Kier alpha value is -3.52. The maximum absolute atomic E-state index is 12.8. The van der Waals surface area contributed by atoms with Crippen LogP contribution < -0.4 is 14.8 Å². The molecule has 2 heterocycles. The predicted octanol–water partition coefficient (Wildman–Crippen LogP) is 4.01. The fraction of sp³-hybridized carbons (Fsp3) is 0.296. The van der Waals surface area contributed by atoms with Gasteiger partial charge in [0.05, 0.1) is 12.7 Å². The second kappa shape index (κ2) is 11.3. The number of carbonyl (C=O) groups is 2. The van der Waals surface area contributed by atoms with Crippen molar-refractivity contribution >= 4 is 23.6 Å². The first kappa shape index (κ1) is 24.6. The van der Waals surface area contributed by atoms with Crippen LogP contribution in [0.5, 0.6) is 11.5 Å². The van der Waals surface area contributed by atoms with Crippen LogP contribution in [0.3, 0.4) is 0 Å². The molecule has 2 aromatic carbocycles. The van der Waals surface area contributed by atoms with Crippen LogP contribution in [0, 0.1) is 6.92 Å². The monoisotopic (exact) mass is 491 g/mol. The average Bonchev–Trinajstić information content (AvgIpc) is 2.90. The third kappa shape index (κ3) is 5.59. The molecule has 0 atom stereocenters. The molecule has 35 heavy (non-hydrogen) atoms. The van der Waals surface area contributed by atoms with E-state index in [4.69, 9.17) is 9.47 Å². The van der Waals surface area contributed by atoms with E-state index in [0.717, 1.165) is 27.3 Å². The van der Waals surface area contributed by atoms with Gasteiger partial charge >= 0.3 is 0 Å². The number of hydrogen-bond donors (Lipinski definition) is 1. The van der Waals surface area contributed by atoms with Gasteiger partial charge in [-0.25, -0.2) is 0 Å². The van der Waals surface area contributed by atoms with E-state index in [1.54, 1.807) is 35.9 Å². The quantitative estimate of drug-likeness (QED) is 0.480. The van der Waals surface area contributed by atoms with E-state index in [-0.39, 0.29) is 18.4 Å². The number of amides is 2. The van der Waals surface area contributed by atoms with Crippen molar-refractivity contribution in [2.45, 2.75) is 31.3 Å². The molecule has 1 aliphatic heterocycles. The van der Waals surface area contributed by atoms with Crippen LogP contribution in [0.1, 0.15) is 32.7 Å². The summed E-state index contributed by atoms with van der Waals surface area (Å²) in [5.74, 6) is 0.939. The number of methoxy groups -OCH3 is 1. The zero-order valence-corrected chi connectivity index (χ0v) is 21.0. The number of benzene rings is 2. The van der Waals surface area contributed by atoms with E-state index in [1.807, 2.05) is 55.8 Å². The molecule has 0 radical (unpaired) electrons. The van der Waals surface area contributed by atoms with Crippen LogP contribution >= 0.6 is 11.8 Å². The number of para-hydroxylation sites is 2. The second-order valence-electron chi connectivity index (χ2n) is 8.21. The van der Waals surface area contributed by atoms with Crippen molar-refractivity contribution in [1.82, 2.24) is 15.2 Å². The van der Waals surface area contributed by atoms with Gasteiger partial charge in [-0.2, -0.15) is 0 Å². The largest absolute Gasteiger partial charge is 0.493 e. The van der Waals surface area contributed by atoms with Crippen LogP contribution in [-0.2, 0) is 24.3 Å². The fourth-order valence-electron chi connectivity index (χ4n) is 4.23. The SMILES string of the molecule is COc1ccccc1OCC(=O)N1CCc2c(cnc(C)c2CNC(=O)c2ccccc2SC)C1. The Balaban J connectivity index is 1.42. The summed E-state index contributed by atoms with van der Waals surface area (Å²) in [4.78, 5) is 33.0. The molecule has 0 saturated carbocycles. The van der Waals surface area contributed by atoms with E-state index in [9.17, 15) is 9.59 Å². The average molecular weight is 492 g/mol. The van der Waals surface area contributed by atoms with Crippen LogP contribution in [0.4, 0.5) is 0 Å². The maximum atomic E-state index is 12.8. The summed E-state index contributed by atoms with van der Waals surface area (Å²) >= 11 is 1.55. The number of aryl methyl sites for hydroxylation is 1. The number of aromatic nitrogens is 1. The first-order chi connectivity index (χ1) is 17.0. The Bertz CT molecular complexity index is 1230. The Morgan fingerprint density at radius 1 is 1.11 bits per heavy atom. The maximum Gasteiger partial charge on any atom is 0.260 e. The van der Waals surface area contributed by atoms with Gasteiger partial charge in [0.2, 0.25) is 0 Å². The van der Waals surface area contributed by atoms with E-state index in [0.29, 0.717) is 43.1 Å². The lowest BCUT2D eigenvalue weighted by Crippen LogP contribution is -2.39. The predicted molar refractivity (Wildman–Crippen MR) is 136 cm³/mol. The molecule has 7 nitrogen and oxygen atoms in total. The molecular weight excluding hydrogens is 462 g/mol. The third-order valence-electron chi connectivity index (χ3n) is 6.15. The van der Waals surface area contributed by atoms with E-state index in [1.165, 1.54) is 0 Å². The topological polar surface area (TPSA) is 80.8 Å². The number of fused-ring (bicyclic) bond motifs is 1. The van der Waals surface area contributed by atoms with E-state index >= 15 is 0 Å². The molecule has 182 valence electrons. The molecule has 2 amide bonds. The van der Waals surface area contributed by atoms with Crippen LogP contribution in [0.2, 0.25) is 0 Å². The molecule has 0 unspecified atom stereocenters. The lowest BCUT2D eigenvalue weighted by Gasteiger charge is -2.30. The number of rotatable bonds is 8. The lowest BCUT2D eigenvalue weighted by atomic mass is 9.94. The van der Waals surface area contributed by atoms with Gasteiger partial charge in [0, 0.05) is 36.4 Å². The summed E-state index contributed by atoms with van der Waals surface area (Å²) in [6.07, 6.45) is 4.49. The minimum atomic E-state index is -0.104. The Morgan fingerprint density at radius 2 is 1.86 bits per heavy atom. The normalized spacial score (nSPS) is 12.6. The Kier molecular flexibility index (Phi) is 7.92. The van der Waals surface area contributed by atoms with Crippen LogP contribution in [0.15, 0.2) is 59.6 Å². The van der Waals surface area contributed by atoms with Gasteiger partial charge in [-0.05, 0) is 60.6 Å². The van der Waals surface area contributed by atoms with Crippen molar-refractivity contribution < 1.29 is 19.1 Å². The lowest BCUT2D eigenvalue weighted by molar-refractivity contribution is -0.134. The van der Waals surface area contributed by atoms with Crippen molar-refractivity contribution in [2.24, 2.45) is 0 Å². The molecule has 1 aromatic heterocycles. The van der Waals surface area contributed by atoms with E-state index < -0.39 is 0 Å². The first-order valence-corrected chi connectivity index (χ1v) is 12.6. The molecule has 1 aliphatic rings. The van der Waals surface area contributed by atoms with Gasteiger partial charge in [0.15, 0.2) is 18.1 Å². The number of nitrogens with zero attached hydrogens (tertiary/aromatic N) is 2. The minimum absolute atomic E-state index is 0.0627. The van der Waals surface area contributed by atoms with Gasteiger partial charge < -0.3 is 19.7 Å². The van der Waals surface area contributed by atoms with Gasteiger partial charge in [-0.1, -0.05) is 24.3 Å². The van der Waals surface area contributed by atoms with Gasteiger partial charge in [-0.3, -0.25) is 14.6 Å². The summed E-state index contributed by atoms with van der Waals surface area (Å²) in [7, 11) is 1.57. The number of pyridine rings is 1. The molecule has 1 N–H and O–H groups in total. The smallest absolute Gasteiger partial charge is 0.260 e. The summed E-state index contributed by atoms with van der Waals surface area (Å²) in [6.45, 7) is 3.34. The number of hydrogen-bond acceptors (Lipinski definition) is 6. The summed E-state index contributed by atoms with van der Waals surface area (Å²) in [6, 6.07) is 14.9. The zero-order valence-electron chi connectivity index (χ0n) is 20.2. The number of thioether (sulfide) groups is 1. The number of nitrogens with one attached hydrogen (secondary N) is 1. The molecule has 0 spiro atoms. The third-order valence-corrected chi connectivity index (χ3v) is 6.94. The Morgan fingerprint density at radius 3 is 2.63 bits per heavy atom. The van der Waals surface area contributed by atoms with Gasteiger partial charge in [0.25, 0.3) is 11.8 Å².